The molecule has 0 unspecified atom stereocenters. The number of aryl methyl sites for hydroxylation is 2. The highest BCUT2D eigenvalue weighted by Crippen LogP contribution is 2.39. The number of para-hydroxylation sites is 1. The number of carbonyl (C=O) groups excluding carboxylic acids is 2. The fourth-order valence-electron chi connectivity index (χ4n) is 7.62. The molecule has 0 amide bonds. The summed E-state index contributed by atoms with van der Waals surface area (Å²) in [5, 5.41) is 0. The van der Waals surface area contributed by atoms with Gasteiger partial charge in [0.2, 0.25) is 0 Å². The zero-order chi connectivity index (χ0) is 39.6. The molecule has 0 N–H and O–H groups in total. The molecule has 8 aromatic rings. The minimum atomic E-state index is -0.238. The van der Waals surface area contributed by atoms with Crippen LogP contribution < -0.4 is 9.80 Å². The quantitative estimate of drug-likeness (QED) is 0.109. The average molecular weight is 749 g/mol. The molecule has 0 fully saturated rings. The van der Waals surface area contributed by atoms with Crippen molar-refractivity contribution in [2.24, 2.45) is 0 Å². The van der Waals surface area contributed by atoms with E-state index in [2.05, 4.69) is 145 Å². The second-order valence-electron chi connectivity index (χ2n) is 14.7. The van der Waals surface area contributed by atoms with Crippen LogP contribution in [0.3, 0.4) is 0 Å². The summed E-state index contributed by atoms with van der Waals surface area (Å²) in [6, 6.07) is 68.3. The number of nitrogens with zero attached hydrogens (tertiary/aromatic N) is 2. The number of anilines is 6. The molecule has 278 valence electrons. The molecule has 0 saturated heterocycles. The van der Waals surface area contributed by atoms with Crippen molar-refractivity contribution in [1.29, 1.82) is 0 Å². The Bertz CT molecular complexity index is 2770. The topological polar surface area (TPSA) is 40.6 Å². The van der Waals surface area contributed by atoms with Gasteiger partial charge < -0.3 is 9.80 Å². The van der Waals surface area contributed by atoms with E-state index >= 15 is 0 Å². The molecule has 0 aliphatic heterocycles. The van der Waals surface area contributed by atoms with Crippen LogP contribution in [-0.2, 0) is 0 Å². The van der Waals surface area contributed by atoms with E-state index in [-0.39, 0.29) is 17.1 Å². The third kappa shape index (κ3) is 7.15. The number of benzene rings is 8. The first-order chi connectivity index (χ1) is 28.4. The first-order valence-corrected chi connectivity index (χ1v) is 19.5. The van der Waals surface area contributed by atoms with Crippen LogP contribution in [0, 0.1) is 13.8 Å². The molecule has 0 bridgehead atoms. The van der Waals surface area contributed by atoms with Gasteiger partial charge in [-0.3, -0.25) is 9.59 Å². The lowest BCUT2D eigenvalue weighted by molar-refractivity contribution is 0.0990. The van der Waals surface area contributed by atoms with E-state index in [1.807, 2.05) is 72.8 Å². The third-order valence-electron chi connectivity index (χ3n) is 10.8. The lowest BCUT2D eigenvalue weighted by Crippen LogP contribution is -2.10. The SMILES string of the molecule is Cc1ccc(N(c2ccccc2)c2ccc(-c3ccc(N(c4ccc(C)cc4)c4ccc(/C=C5\C(=O)c6ccc(-c7ccccc7)cc6C5=O)cc4)cc3)cc2)cc1. The zero-order valence-corrected chi connectivity index (χ0v) is 32.3. The Hall–Kier alpha value is -7.56. The van der Waals surface area contributed by atoms with Crippen molar-refractivity contribution in [3.05, 3.63) is 234 Å². The highest BCUT2D eigenvalue weighted by molar-refractivity contribution is 6.41. The number of allylic oxidation sites excluding steroid dienone is 1. The molecular weight excluding hydrogens is 709 g/mol. The molecule has 8 aromatic carbocycles. The minimum absolute atomic E-state index is 0.190. The molecule has 9 rings (SSSR count). The lowest BCUT2D eigenvalue weighted by atomic mass is 10.0. The number of Topliss-reactive ketones (excluding diaryl/α,β-unsaturated/α-hetero) is 2. The van der Waals surface area contributed by atoms with E-state index in [1.54, 1.807) is 12.1 Å². The maximum Gasteiger partial charge on any atom is 0.197 e. The Balaban J connectivity index is 0.984. The molecule has 0 radical (unpaired) electrons. The molecule has 58 heavy (non-hydrogen) atoms. The molecule has 4 nitrogen and oxygen atoms in total. The Morgan fingerprint density at radius 3 is 1.19 bits per heavy atom. The predicted octanol–water partition coefficient (Wildman–Crippen LogP) is 14.0. The number of rotatable bonds is 9. The number of hydrogen-bond donors (Lipinski definition) is 0. The summed E-state index contributed by atoms with van der Waals surface area (Å²) in [5.74, 6) is -0.475. The standard InChI is InChI=1S/C54H40N2O2/c1-37-13-24-45(25-14-37)55(44-11-7-4-8-12-44)48-30-19-41(20-31-48)42-21-32-49(33-22-42)56(46-26-15-38(2)16-27-46)47-28-17-39(18-29-47)35-52-53(57)50-34-23-43(36-51(50)54(52)58)40-9-5-3-6-10-40/h3-36H,1-2H3/b52-35+. The summed E-state index contributed by atoms with van der Waals surface area (Å²) in [5.41, 5.74) is 14.7. The molecule has 0 heterocycles. The van der Waals surface area contributed by atoms with Crippen LogP contribution in [0.1, 0.15) is 37.4 Å². The Kier molecular flexibility index (Phi) is 9.66. The molecule has 4 heteroatoms. The fraction of sp³-hybridized carbons (Fsp3) is 0.0370. The second-order valence-corrected chi connectivity index (χ2v) is 14.7. The maximum atomic E-state index is 13.6. The van der Waals surface area contributed by atoms with Crippen molar-refractivity contribution in [3.63, 3.8) is 0 Å². The largest absolute Gasteiger partial charge is 0.311 e. The summed E-state index contributed by atoms with van der Waals surface area (Å²) >= 11 is 0. The summed E-state index contributed by atoms with van der Waals surface area (Å²) in [7, 11) is 0. The first kappa shape index (κ1) is 36.1. The van der Waals surface area contributed by atoms with Gasteiger partial charge in [0.15, 0.2) is 11.6 Å². The molecule has 1 aliphatic carbocycles. The van der Waals surface area contributed by atoms with Crippen LogP contribution in [-0.4, -0.2) is 11.6 Å². The molecule has 0 spiro atoms. The van der Waals surface area contributed by atoms with Gasteiger partial charge in [0.1, 0.15) is 0 Å². The van der Waals surface area contributed by atoms with Crippen molar-refractivity contribution < 1.29 is 9.59 Å². The maximum absolute atomic E-state index is 13.6. The molecular formula is C54H40N2O2. The van der Waals surface area contributed by atoms with E-state index < -0.39 is 0 Å². The van der Waals surface area contributed by atoms with E-state index in [0.717, 1.165) is 61.9 Å². The van der Waals surface area contributed by atoms with E-state index in [4.69, 9.17) is 0 Å². The summed E-state index contributed by atoms with van der Waals surface area (Å²) in [6.45, 7) is 4.19. The van der Waals surface area contributed by atoms with Crippen molar-refractivity contribution in [2.45, 2.75) is 13.8 Å². The number of hydrogen-bond acceptors (Lipinski definition) is 4. The van der Waals surface area contributed by atoms with Gasteiger partial charge in [-0.2, -0.15) is 0 Å². The van der Waals surface area contributed by atoms with Gasteiger partial charge in [-0.1, -0.05) is 126 Å². The lowest BCUT2D eigenvalue weighted by Gasteiger charge is -2.26. The van der Waals surface area contributed by atoms with Gasteiger partial charge in [0, 0.05) is 45.3 Å². The third-order valence-corrected chi connectivity index (χ3v) is 10.8. The number of ketones is 2. The van der Waals surface area contributed by atoms with Crippen LogP contribution in [0.15, 0.2) is 206 Å². The molecule has 1 aliphatic rings. The van der Waals surface area contributed by atoms with Gasteiger partial charge in [-0.15, -0.1) is 0 Å². The van der Waals surface area contributed by atoms with Crippen molar-refractivity contribution in [2.75, 3.05) is 9.80 Å². The van der Waals surface area contributed by atoms with Crippen LogP contribution in [0.4, 0.5) is 34.1 Å². The van der Waals surface area contributed by atoms with E-state index in [9.17, 15) is 9.59 Å². The smallest absolute Gasteiger partial charge is 0.197 e. The molecule has 0 atom stereocenters. The number of carbonyl (C=O) groups is 2. The van der Waals surface area contributed by atoms with Crippen molar-refractivity contribution >= 4 is 51.8 Å². The van der Waals surface area contributed by atoms with Crippen LogP contribution in [0.25, 0.3) is 28.3 Å². The average Bonchev–Trinajstić information content (AvgIpc) is 3.51. The molecule has 0 saturated carbocycles. The Morgan fingerprint density at radius 1 is 0.345 bits per heavy atom. The van der Waals surface area contributed by atoms with Crippen LogP contribution in [0.5, 0.6) is 0 Å². The number of fused-ring (bicyclic) bond motifs is 1. The van der Waals surface area contributed by atoms with Gasteiger partial charge in [-0.05, 0) is 133 Å². The van der Waals surface area contributed by atoms with E-state index in [1.165, 1.54) is 11.1 Å². The molecule has 0 aromatic heterocycles. The minimum Gasteiger partial charge on any atom is -0.311 e. The van der Waals surface area contributed by atoms with Gasteiger partial charge >= 0.3 is 0 Å². The first-order valence-electron chi connectivity index (χ1n) is 19.5. The van der Waals surface area contributed by atoms with Crippen molar-refractivity contribution in [3.8, 4) is 22.3 Å². The monoisotopic (exact) mass is 748 g/mol. The predicted molar refractivity (Wildman–Crippen MR) is 239 cm³/mol. The highest BCUT2D eigenvalue weighted by atomic mass is 16.2. The normalized spacial score (nSPS) is 12.8. The van der Waals surface area contributed by atoms with Gasteiger partial charge in [-0.25, -0.2) is 0 Å². The van der Waals surface area contributed by atoms with Crippen LogP contribution >= 0.6 is 0 Å². The summed E-state index contributed by atoms with van der Waals surface area (Å²) in [4.78, 5) is 31.5. The van der Waals surface area contributed by atoms with E-state index in [0.29, 0.717) is 11.1 Å². The van der Waals surface area contributed by atoms with Crippen LogP contribution in [0.2, 0.25) is 0 Å². The van der Waals surface area contributed by atoms with Gasteiger partial charge in [0.25, 0.3) is 0 Å². The van der Waals surface area contributed by atoms with Crippen molar-refractivity contribution in [1.82, 2.24) is 0 Å². The van der Waals surface area contributed by atoms with Gasteiger partial charge in [0.05, 0.1) is 5.57 Å². The fourth-order valence-corrected chi connectivity index (χ4v) is 7.62. The zero-order valence-electron chi connectivity index (χ0n) is 32.3. The Labute approximate surface area is 339 Å². The second kappa shape index (κ2) is 15.5. The summed E-state index contributed by atoms with van der Waals surface area (Å²) in [6.07, 6.45) is 1.72. The summed E-state index contributed by atoms with van der Waals surface area (Å²) < 4.78 is 0. The Morgan fingerprint density at radius 2 is 0.707 bits per heavy atom. The highest BCUT2D eigenvalue weighted by Gasteiger charge is 2.33.